The summed E-state index contributed by atoms with van der Waals surface area (Å²) < 4.78 is 5.74. The third-order valence-electron chi connectivity index (χ3n) is 4.42. The molecule has 4 rings (SSSR count). The van der Waals surface area contributed by atoms with Crippen molar-refractivity contribution in [1.29, 1.82) is 0 Å². The van der Waals surface area contributed by atoms with Gasteiger partial charge in [0.2, 0.25) is 0 Å². The number of carbonyl (C=O) groups excluding carboxylic acids is 1. The Morgan fingerprint density at radius 3 is 2.56 bits per heavy atom. The number of furan rings is 1. The number of aryl methyl sites for hydroxylation is 1. The number of amides is 1. The van der Waals surface area contributed by atoms with E-state index in [2.05, 4.69) is 29.6 Å². The van der Waals surface area contributed by atoms with Gasteiger partial charge >= 0.3 is 0 Å². The van der Waals surface area contributed by atoms with Gasteiger partial charge in [-0.2, -0.15) is 0 Å². The molecule has 0 saturated carbocycles. The maximum atomic E-state index is 12.4. The van der Waals surface area contributed by atoms with Crippen molar-refractivity contribution in [2.45, 2.75) is 12.8 Å². The third kappa shape index (κ3) is 3.26. The van der Waals surface area contributed by atoms with E-state index in [-0.39, 0.29) is 5.91 Å². The quantitative estimate of drug-likeness (QED) is 0.526. The van der Waals surface area contributed by atoms with Gasteiger partial charge in [-0.15, -0.1) is 0 Å². The molecule has 0 spiro atoms. The smallest absolute Gasteiger partial charge is 0.287 e. The van der Waals surface area contributed by atoms with Crippen LogP contribution in [0.5, 0.6) is 0 Å². The first-order valence-corrected chi connectivity index (χ1v) is 8.55. The lowest BCUT2D eigenvalue weighted by molar-refractivity contribution is 0.0927. The highest BCUT2D eigenvalue weighted by Crippen LogP contribution is 2.28. The molecule has 3 heteroatoms. The number of carbonyl (C=O) groups is 1. The second kappa shape index (κ2) is 6.81. The Hall–Kier alpha value is -3.07. The van der Waals surface area contributed by atoms with Crippen molar-refractivity contribution in [2.24, 2.45) is 0 Å². The fourth-order valence-electron chi connectivity index (χ4n) is 3.13. The Bertz CT molecular complexity index is 1020. The normalized spacial score (nSPS) is 11.0. The fraction of sp³-hybridized carbons (Fsp3) is 0.136. The summed E-state index contributed by atoms with van der Waals surface area (Å²) in [7, 11) is 0. The van der Waals surface area contributed by atoms with E-state index in [1.54, 1.807) is 0 Å². The predicted molar refractivity (Wildman–Crippen MR) is 101 cm³/mol. The maximum Gasteiger partial charge on any atom is 0.287 e. The maximum absolute atomic E-state index is 12.4. The molecule has 1 N–H and O–H groups in total. The number of hydrogen-bond donors (Lipinski definition) is 1. The van der Waals surface area contributed by atoms with Gasteiger partial charge < -0.3 is 9.73 Å². The van der Waals surface area contributed by atoms with Crippen LogP contribution in [-0.2, 0) is 6.42 Å². The van der Waals surface area contributed by atoms with Gasteiger partial charge in [0.25, 0.3) is 5.91 Å². The van der Waals surface area contributed by atoms with Crippen molar-refractivity contribution in [1.82, 2.24) is 5.32 Å². The van der Waals surface area contributed by atoms with Crippen LogP contribution in [0.1, 0.15) is 22.5 Å². The van der Waals surface area contributed by atoms with Gasteiger partial charge in [-0.3, -0.25) is 4.79 Å². The molecule has 3 aromatic carbocycles. The minimum atomic E-state index is -0.159. The number of hydrogen-bond acceptors (Lipinski definition) is 2. The molecule has 124 valence electrons. The lowest BCUT2D eigenvalue weighted by Gasteiger charge is -2.03. The van der Waals surface area contributed by atoms with E-state index < -0.39 is 0 Å². The van der Waals surface area contributed by atoms with Crippen molar-refractivity contribution in [3.8, 4) is 0 Å². The Balaban J connectivity index is 1.44. The van der Waals surface area contributed by atoms with Gasteiger partial charge in [-0.25, -0.2) is 0 Å². The van der Waals surface area contributed by atoms with Gasteiger partial charge in [0.15, 0.2) is 5.76 Å². The van der Waals surface area contributed by atoms with Gasteiger partial charge in [0.05, 0.1) is 0 Å². The molecule has 0 aliphatic rings. The van der Waals surface area contributed by atoms with Gasteiger partial charge in [0.1, 0.15) is 5.58 Å². The molecule has 0 aliphatic heterocycles. The number of benzene rings is 3. The average molecular weight is 329 g/mol. The van der Waals surface area contributed by atoms with E-state index in [1.807, 2.05) is 48.5 Å². The molecule has 1 aromatic heterocycles. The number of rotatable bonds is 5. The van der Waals surface area contributed by atoms with E-state index in [1.165, 1.54) is 5.56 Å². The van der Waals surface area contributed by atoms with Crippen molar-refractivity contribution in [3.63, 3.8) is 0 Å². The van der Waals surface area contributed by atoms with Crippen LogP contribution in [0.3, 0.4) is 0 Å². The Labute approximate surface area is 146 Å². The van der Waals surface area contributed by atoms with Crippen LogP contribution in [0.2, 0.25) is 0 Å². The zero-order chi connectivity index (χ0) is 17.1. The highest BCUT2D eigenvalue weighted by atomic mass is 16.3. The summed E-state index contributed by atoms with van der Waals surface area (Å²) in [6, 6.07) is 24.2. The van der Waals surface area contributed by atoms with Crippen LogP contribution in [-0.4, -0.2) is 12.5 Å². The first kappa shape index (κ1) is 15.5. The van der Waals surface area contributed by atoms with Gasteiger partial charge in [-0.05, 0) is 41.3 Å². The van der Waals surface area contributed by atoms with Gasteiger partial charge in [0, 0.05) is 11.9 Å². The summed E-state index contributed by atoms with van der Waals surface area (Å²) in [5, 5.41) is 6.17. The van der Waals surface area contributed by atoms with Crippen LogP contribution < -0.4 is 5.32 Å². The highest BCUT2D eigenvalue weighted by Gasteiger charge is 2.13. The zero-order valence-electron chi connectivity index (χ0n) is 13.9. The second-order valence-electron chi connectivity index (χ2n) is 6.15. The number of nitrogens with one attached hydrogen (secondary N) is 1. The molecule has 0 bridgehead atoms. The van der Waals surface area contributed by atoms with Crippen LogP contribution in [0.4, 0.5) is 0 Å². The third-order valence-corrected chi connectivity index (χ3v) is 4.42. The Morgan fingerprint density at radius 2 is 1.68 bits per heavy atom. The molecule has 0 radical (unpaired) electrons. The van der Waals surface area contributed by atoms with E-state index in [4.69, 9.17) is 4.42 Å². The van der Waals surface area contributed by atoms with E-state index in [9.17, 15) is 4.79 Å². The van der Waals surface area contributed by atoms with Gasteiger partial charge in [-0.1, -0.05) is 60.7 Å². The summed E-state index contributed by atoms with van der Waals surface area (Å²) >= 11 is 0. The molecular weight excluding hydrogens is 310 g/mol. The SMILES string of the molecule is O=C(NCCCc1ccccc1)c1cc2c(ccc3ccccc32)o1. The first-order chi connectivity index (χ1) is 12.3. The molecular formula is C22H19NO2. The van der Waals surface area contributed by atoms with E-state index >= 15 is 0 Å². The summed E-state index contributed by atoms with van der Waals surface area (Å²) in [6.07, 6.45) is 1.85. The molecule has 0 saturated heterocycles. The predicted octanol–water partition coefficient (Wildman–Crippen LogP) is 4.95. The summed E-state index contributed by atoms with van der Waals surface area (Å²) in [6.45, 7) is 0.630. The molecule has 0 fully saturated rings. The summed E-state index contributed by atoms with van der Waals surface area (Å²) in [4.78, 5) is 12.4. The van der Waals surface area contributed by atoms with E-state index in [0.29, 0.717) is 12.3 Å². The van der Waals surface area contributed by atoms with Crippen molar-refractivity contribution >= 4 is 27.6 Å². The molecule has 1 amide bonds. The average Bonchev–Trinajstić information content (AvgIpc) is 3.11. The minimum Gasteiger partial charge on any atom is -0.451 e. The fourth-order valence-corrected chi connectivity index (χ4v) is 3.13. The molecule has 3 nitrogen and oxygen atoms in total. The molecule has 0 aliphatic carbocycles. The summed E-state index contributed by atoms with van der Waals surface area (Å²) in [5.74, 6) is 0.208. The first-order valence-electron chi connectivity index (χ1n) is 8.55. The largest absolute Gasteiger partial charge is 0.451 e. The molecule has 1 heterocycles. The molecule has 25 heavy (non-hydrogen) atoms. The lowest BCUT2D eigenvalue weighted by Crippen LogP contribution is -2.24. The topological polar surface area (TPSA) is 42.2 Å². The van der Waals surface area contributed by atoms with Crippen LogP contribution in [0.15, 0.2) is 77.2 Å². The Kier molecular flexibility index (Phi) is 4.21. The zero-order valence-corrected chi connectivity index (χ0v) is 13.9. The van der Waals surface area contributed by atoms with Crippen molar-refractivity contribution in [3.05, 3.63) is 84.1 Å². The molecule has 4 aromatic rings. The Morgan fingerprint density at radius 1 is 0.880 bits per heavy atom. The molecule has 0 unspecified atom stereocenters. The number of fused-ring (bicyclic) bond motifs is 3. The van der Waals surface area contributed by atoms with Crippen molar-refractivity contribution in [2.75, 3.05) is 6.54 Å². The second-order valence-corrected chi connectivity index (χ2v) is 6.15. The summed E-state index contributed by atoms with van der Waals surface area (Å²) in [5.41, 5.74) is 2.03. The van der Waals surface area contributed by atoms with E-state index in [0.717, 1.165) is 34.6 Å². The van der Waals surface area contributed by atoms with Crippen molar-refractivity contribution < 1.29 is 9.21 Å². The standard InChI is InChI=1S/C22H19NO2/c24-22(23-14-6-9-16-7-2-1-3-8-16)21-15-19-18-11-5-4-10-17(18)12-13-20(19)25-21/h1-5,7-8,10-13,15H,6,9,14H2,(H,23,24). The highest BCUT2D eigenvalue weighted by molar-refractivity contribution is 6.08. The molecule has 0 atom stereocenters. The van der Waals surface area contributed by atoms with Crippen LogP contribution in [0, 0.1) is 0 Å². The van der Waals surface area contributed by atoms with Crippen LogP contribution >= 0.6 is 0 Å². The lowest BCUT2D eigenvalue weighted by atomic mass is 10.1. The van der Waals surface area contributed by atoms with Crippen LogP contribution in [0.25, 0.3) is 21.7 Å². The monoisotopic (exact) mass is 329 g/mol. The minimum absolute atomic E-state index is 0.159.